The van der Waals surface area contributed by atoms with Crippen molar-refractivity contribution in [3.05, 3.63) is 65.1 Å². The molecule has 2 rings (SSSR count). The number of aliphatic hydroxyl groups is 1. The molecular formula is C14H11F3O2. The van der Waals surface area contributed by atoms with Crippen molar-refractivity contribution in [2.45, 2.75) is 6.18 Å². The first-order chi connectivity index (χ1) is 8.91. The van der Waals surface area contributed by atoms with Gasteiger partial charge >= 0.3 is 6.18 Å². The van der Waals surface area contributed by atoms with E-state index in [4.69, 9.17) is 0 Å². The molecule has 0 saturated heterocycles. The first-order valence-electron chi connectivity index (χ1n) is 5.46. The van der Waals surface area contributed by atoms with Gasteiger partial charge in [0.25, 0.3) is 5.95 Å². The van der Waals surface area contributed by atoms with Crippen LogP contribution in [0.4, 0.5) is 13.2 Å². The molecule has 1 N–H and O–H groups in total. The Bertz CT molecular complexity index is 563. The second-order valence-electron chi connectivity index (χ2n) is 3.97. The summed E-state index contributed by atoms with van der Waals surface area (Å²) in [4.78, 5) is 0. The molecule has 0 radical (unpaired) electrons. The minimum atomic E-state index is -4.34. The van der Waals surface area contributed by atoms with Crippen molar-refractivity contribution in [3.63, 3.8) is 0 Å². The van der Waals surface area contributed by atoms with E-state index in [2.05, 4.69) is 4.74 Å². The average molecular weight is 268 g/mol. The zero-order chi connectivity index (χ0) is 14.0. The van der Waals surface area contributed by atoms with E-state index >= 15 is 0 Å². The van der Waals surface area contributed by atoms with Crippen LogP contribution < -0.4 is 0 Å². The van der Waals surface area contributed by atoms with Crippen LogP contribution >= 0.6 is 0 Å². The molecular weight excluding hydrogens is 257 g/mol. The predicted molar refractivity (Wildman–Crippen MR) is 65.2 cm³/mol. The molecule has 0 aliphatic heterocycles. The molecule has 1 aromatic carbocycles. The van der Waals surface area contributed by atoms with Crippen LogP contribution in [0.15, 0.2) is 54.0 Å². The second-order valence-corrected chi connectivity index (χ2v) is 3.97. The molecule has 1 aliphatic rings. The van der Waals surface area contributed by atoms with Crippen LogP contribution in [0.25, 0.3) is 5.57 Å². The Morgan fingerprint density at radius 3 is 2.26 bits per heavy atom. The minimum absolute atomic E-state index is 0.224. The molecule has 0 atom stereocenters. The van der Waals surface area contributed by atoms with E-state index in [9.17, 15) is 18.3 Å². The van der Waals surface area contributed by atoms with Crippen molar-refractivity contribution in [3.8, 4) is 0 Å². The normalized spacial score (nSPS) is 17.4. The van der Waals surface area contributed by atoms with E-state index < -0.39 is 11.7 Å². The summed E-state index contributed by atoms with van der Waals surface area (Å²) < 4.78 is 41.9. The highest BCUT2D eigenvalue weighted by Gasteiger charge is 2.30. The van der Waals surface area contributed by atoms with E-state index in [-0.39, 0.29) is 5.95 Å². The molecule has 0 aromatic heterocycles. The van der Waals surface area contributed by atoms with Gasteiger partial charge in [-0.2, -0.15) is 13.2 Å². The summed E-state index contributed by atoms with van der Waals surface area (Å²) >= 11 is 0. The van der Waals surface area contributed by atoms with Gasteiger partial charge in [-0.3, -0.25) is 0 Å². The fourth-order valence-electron chi connectivity index (χ4n) is 1.73. The Morgan fingerprint density at radius 1 is 1.11 bits per heavy atom. The van der Waals surface area contributed by atoms with Gasteiger partial charge in [0.05, 0.1) is 18.2 Å². The highest BCUT2D eigenvalue weighted by Crippen LogP contribution is 2.31. The third-order valence-electron chi connectivity index (χ3n) is 2.74. The molecule has 0 unspecified atom stereocenters. The summed E-state index contributed by atoms with van der Waals surface area (Å²) in [6, 6.07) is 4.85. The Hall–Kier alpha value is -2.17. The van der Waals surface area contributed by atoms with E-state index in [0.29, 0.717) is 16.7 Å². The lowest BCUT2D eigenvalue weighted by Gasteiger charge is -2.07. The average Bonchev–Trinajstić information content (AvgIpc) is 2.86. The van der Waals surface area contributed by atoms with E-state index in [1.54, 1.807) is 18.2 Å². The number of halogens is 3. The summed E-state index contributed by atoms with van der Waals surface area (Å²) in [7, 11) is 1.33. The number of benzene rings is 1. The molecule has 0 amide bonds. The van der Waals surface area contributed by atoms with E-state index in [1.165, 1.54) is 19.2 Å². The van der Waals surface area contributed by atoms with Crippen molar-refractivity contribution >= 4 is 5.57 Å². The molecule has 0 heterocycles. The van der Waals surface area contributed by atoms with Crippen LogP contribution in [0, 0.1) is 0 Å². The first-order valence-corrected chi connectivity index (χ1v) is 5.46. The second kappa shape index (κ2) is 4.84. The Balaban J connectivity index is 2.29. The van der Waals surface area contributed by atoms with Gasteiger partial charge in [-0.15, -0.1) is 0 Å². The quantitative estimate of drug-likeness (QED) is 0.819. The molecule has 0 spiro atoms. The number of hydrogen-bond acceptors (Lipinski definition) is 2. The monoisotopic (exact) mass is 268 g/mol. The van der Waals surface area contributed by atoms with Crippen LogP contribution in [0.3, 0.4) is 0 Å². The lowest BCUT2D eigenvalue weighted by Crippen LogP contribution is -2.04. The van der Waals surface area contributed by atoms with Crippen LogP contribution in [-0.2, 0) is 10.9 Å². The van der Waals surface area contributed by atoms with Gasteiger partial charge in [0, 0.05) is 0 Å². The molecule has 0 saturated carbocycles. The van der Waals surface area contributed by atoms with Gasteiger partial charge in [0.1, 0.15) is 0 Å². The predicted octanol–water partition coefficient (Wildman–Crippen LogP) is 4.07. The molecule has 1 aromatic rings. The first kappa shape index (κ1) is 13.3. The van der Waals surface area contributed by atoms with Crippen molar-refractivity contribution in [1.82, 2.24) is 0 Å². The van der Waals surface area contributed by atoms with Crippen LogP contribution in [0.2, 0.25) is 0 Å². The fourth-order valence-corrected chi connectivity index (χ4v) is 1.73. The van der Waals surface area contributed by atoms with Crippen molar-refractivity contribution < 1.29 is 23.0 Å². The van der Waals surface area contributed by atoms with E-state index in [1.807, 2.05) is 0 Å². The van der Waals surface area contributed by atoms with Gasteiger partial charge < -0.3 is 9.84 Å². The maximum Gasteiger partial charge on any atom is 0.416 e. The van der Waals surface area contributed by atoms with Gasteiger partial charge in [0.2, 0.25) is 0 Å². The molecule has 2 nitrogen and oxygen atoms in total. The highest BCUT2D eigenvalue weighted by atomic mass is 19.4. The number of aliphatic hydroxyl groups excluding tert-OH is 1. The van der Waals surface area contributed by atoms with E-state index in [0.717, 1.165) is 12.1 Å². The fraction of sp³-hybridized carbons (Fsp3) is 0.143. The number of rotatable bonds is 2. The SMILES string of the molecule is CO/C(O)=C1\C=CC(c2ccc(C(F)(F)F)cc2)=C1. The van der Waals surface area contributed by atoms with Crippen LogP contribution in [0.1, 0.15) is 11.1 Å². The summed E-state index contributed by atoms with van der Waals surface area (Å²) in [6.07, 6.45) is 0.637. The number of methoxy groups -OCH3 is 1. The van der Waals surface area contributed by atoms with Crippen molar-refractivity contribution in [1.29, 1.82) is 0 Å². The molecule has 0 fully saturated rings. The number of alkyl halides is 3. The summed E-state index contributed by atoms with van der Waals surface area (Å²) in [5.41, 5.74) is 1.15. The molecule has 1 aliphatic carbocycles. The third kappa shape index (κ3) is 2.81. The Morgan fingerprint density at radius 2 is 1.74 bits per heavy atom. The standard InChI is InChI=1S/C14H11F3O2/c1-19-13(18)11-3-2-10(8-11)9-4-6-12(7-5-9)14(15,16)17/h2-8,18H,1H3/b13-11+. The lowest BCUT2D eigenvalue weighted by atomic mass is 10.0. The van der Waals surface area contributed by atoms with Gasteiger partial charge in [0.15, 0.2) is 0 Å². The topological polar surface area (TPSA) is 29.5 Å². The zero-order valence-electron chi connectivity index (χ0n) is 10.0. The maximum atomic E-state index is 12.4. The zero-order valence-corrected chi connectivity index (χ0v) is 10.0. The van der Waals surface area contributed by atoms with Gasteiger partial charge in [-0.05, 0) is 35.4 Å². The summed E-state index contributed by atoms with van der Waals surface area (Å²) in [5, 5.41) is 9.39. The van der Waals surface area contributed by atoms with Gasteiger partial charge in [-0.25, -0.2) is 0 Å². The third-order valence-corrected chi connectivity index (χ3v) is 2.74. The Labute approximate surface area is 108 Å². The van der Waals surface area contributed by atoms with Gasteiger partial charge in [-0.1, -0.05) is 18.2 Å². The molecule has 0 bridgehead atoms. The summed E-state index contributed by atoms with van der Waals surface area (Å²) in [5.74, 6) is -0.224. The minimum Gasteiger partial charge on any atom is -0.481 e. The summed E-state index contributed by atoms with van der Waals surface area (Å²) in [6.45, 7) is 0. The lowest BCUT2D eigenvalue weighted by molar-refractivity contribution is -0.137. The van der Waals surface area contributed by atoms with Crippen molar-refractivity contribution in [2.75, 3.05) is 7.11 Å². The molecule has 19 heavy (non-hydrogen) atoms. The molecule has 100 valence electrons. The largest absolute Gasteiger partial charge is 0.481 e. The highest BCUT2D eigenvalue weighted by molar-refractivity contribution is 5.81. The molecule has 5 heteroatoms. The van der Waals surface area contributed by atoms with Crippen LogP contribution in [-0.4, -0.2) is 12.2 Å². The number of hydrogen-bond donors (Lipinski definition) is 1. The number of allylic oxidation sites excluding steroid dienone is 5. The number of ether oxygens (including phenoxy) is 1. The maximum absolute atomic E-state index is 12.4. The van der Waals surface area contributed by atoms with Crippen LogP contribution in [0.5, 0.6) is 0 Å². The Kier molecular flexibility index (Phi) is 3.38. The smallest absolute Gasteiger partial charge is 0.416 e. The van der Waals surface area contributed by atoms with Crippen molar-refractivity contribution in [2.24, 2.45) is 0 Å².